The second-order valence-corrected chi connectivity index (χ2v) is 6.69. The maximum atomic E-state index is 12.1. The Labute approximate surface area is 149 Å². The number of thioether (sulfide) groups is 1. The molecule has 3 N–H and O–H groups in total. The summed E-state index contributed by atoms with van der Waals surface area (Å²) in [4.78, 5) is 42.5. The number of benzene rings is 1. The van der Waals surface area contributed by atoms with Crippen molar-refractivity contribution < 1.29 is 9.59 Å². The number of carbonyl (C=O) groups excluding carboxylic acids is 2. The summed E-state index contributed by atoms with van der Waals surface area (Å²) in [5.74, 6) is -0.470. The number of aromatic nitrogens is 2. The SMILES string of the molecule is CCCc1cc(=O)[nH]c(S[C@H](C)C(=O)NC(=O)Nc2ccccc2)n1. The van der Waals surface area contributed by atoms with E-state index in [9.17, 15) is 14.4 Å². The number of aromatic amines is 1. The van der Waals surface area contributed by atoms with Crippen LogP contribution in [0.1, 0.15) is 26.0 Å². The number of hydrogen-bond donors (Lipinski definition) is 3. The molecule has 1 atom stereocenters. The molecule has 0 aliphatic rings. The third kappa shape index (κ3) is 6.07. The van der Waals surface area contributed by atoms with Crippen LogP contribution in [0.5, 0.6) is 0 Å². The number of nitrogens with zero attached hydrogens (tertiary/aromatic N) is 1. The molecule has 0 spiro atoms. The molecule has 0 radical (unpaired) electrons. The Balaban J connectivity index is 1.93. The predicted octanol–water partition coefficient (Wildman–Crippen LogP) is 2.55. The molecule has 1 heterocycles. The first-order valence-corrected chi connectivity index (χ1v) is 8.79. The molecule has 0 aliphatic carbocycles. The first-order chi connectivity index (χ1) is 12.0. The summed E-state index contributed by atoms with van der Waals surface area (Å²) in [5, 5.41) is 4.61. The maximum Gasteiger partial charge on any atom is 0.325 e. The Morgan fingerprint density at radius 2 is 2.00 bits per heavy atom. The second-order valence-electron chi connectivity index (χ2n) is 5.36. The Bertz CT molecular complexity index is 792. The normalized spacial score (nSPS) is 11.6. The molecule has 3 amide bonds. The summed E-state index contributed by atoms with van der Waals surface area (Å²) in [6, 6.07) is 9.66. The largest absolute Gasteiger partial charge is 0.325 e. The van der Waals surface area contributed by atoms with Gasteiger partial charge in [0, 0.05) is 17.4 Å². The zero-order valence-corrected chi connectivity index (χ0v) is 14.9. The second kappa shape index (κ2) is 9.03. The van der Waals surface area contributed by atoms with Gasteiger partial charge in [0.25, 0.3) is 5.56 Å². The van der Waals surface area contributed by atoms with E-state index in [0.29, 0.717) is 23.0 Å². The number of para-hydroxylation sites is 1. The lowest BCUT2D eigenvalue weighted by atomic mass is 10.2. The van der Waals surface area contributed by atoms with Crippen molar-refractivity contribution in [3.8, 4) is 0 Å². The van der Waals surface area contributed by atoms with Crippen LogP contribution in [0.2, 0.25) is 0 Å². The first-order valence-electron chi connectivity index (χ1n) is 7.91. The van der Waals surface area contributed by atoms with Gasteiger partial charge in [0.15, 0.2) is 5.16 Å². The molecule has 0 unspecified atom stereocenters. The first kappa shape index (κ1) is 18.7. The van der Waals surface area contributed by atoms with E-state index >= 15 is 0 Å². The van der Waals surface area contributed by atoms with Crippen molar-refractivity contribution >= 4 is 29.4 Å². The van der Waals surface area contributed by atoms with Crippen LogP contribution in [0, 0.1) is 0 Å². The Morgan fingerprint density at radius 3 is 2.68 bits per heavy atom. The van der Waals surface area contributed by atoms with Crippen LogP contribution in [0.25, 0.3) is 0 Å². The lowest BCUT2D eigenvalue weighted by Gasteiger charge is -2.11. The monoisotopic (exact) mass is 360 g/mol. The van der Waals surface area contributed by atoms with Gasteiger partial charge < -0.3 is 10.3 Å². The van der Waals surface area contributed by atoms with Gasteiger partial charge in [-0.2, -0.15) is 0 Å². The van der Waals surface area contributed by atoms with Crippen molar-refractivity contribution in [3.63, 3.8) is 0 Å². The van der Waals surface area contributed by atoms with Crippen molar-refractivity contribution in [1.29, 1.82) is 0 Å². The summed E-state index contributed by atoms with van der Waals surface area (Å²) in [6.45, 7) is 3.64. The topological polar surface area (TPSA) is 104 Å². The van der Waals surface area contributed by atoms with Gasteiger partial charge in [-0.05, 0) is 25.5 Å². The van der Waals surface area contributed by atoms with Gasteiger partial charge in [0.05, 0.1) is 5.25 Å². The fourth-order valence-electron chi connectivity index (χ4n) is 2.04. The van der Waals surface area contributed by atoms with E-state index in [1.807, 2.05) is 13.0 Å². The van der Waals surface area contributed by atoms with Crippen LogP contribution in [-0.2, 0) is 11.2 Å². The number of H-pyrrole nitrogens is 1. The Hall–Kier alpha value is -2.61. The highest BCUT2D eigenvalue weighted by Gasteiger charge is 2.18. The van der Waals surface area contributed by atoms with Crippen molar-refractivity contribution in [2.24, 2.45) is 0 Å². The lowest BCUT2D eigenvalue weighted by Crippen LogP contribution is -2.39. The summed E-state index contributed by atoms with van der Waals surface area (Å²) in [6.07, 6.45) is 1.56. The molecule has 2 aromatic rings. The average Bonchev–Trinajstić information content (AvgIpc) is 2.55. The minimum absolute atomic E-state index is 0.254. The summed E-state index contributed by atoms with van der Waals surface area (Å²) < 4.78 is 0. The standard InChI is InChI=1S/C17H20N4O3S/c1-3-7-13-10-14(22)20-17(19-13)25-11(2)15(23)21-16(24)18-12-8-5-4-6-9-12/h4-6,8-11H,3,7H2,1-2H3,(H,19,20,22)(H2,18,21,23,24)/t11-/m1/s1. The van der Waals surface area contributed by atoms with Gasteiger partial charge in [-0.3, -0.25) is 14.9 Å². The third-order valence-corrected chi connectivity index (χ3v) is 4.19. The van der Waals surface area contributed by atoms with Crippen molar-refractivity contribution in [2.75, 3.05) is 5.32 Å². The van der Waals surface area contributed by atoms with Crippen LogP contribution < -0.4 is 16.2 Å². The van der Waals surface area contributed by atoms with Crippen LogP contribution in [-0.4, -0.2) is 27.2 Å². The zero-order valence-electron chi connectivity index (χ0n) is 14.0. The number of amides is 3. The minimum atomic E-state index is -0.607. The molecular weight excluding hydrogens is 340 g/mol. The number of aryl methyl sites for hydroxylation is 1. The molecule has 0 saturated carbocycles. The van der Waals surface area contributed by atoms with Crippen molar-refractivity contribution in [1.82, 2.24) is 15.3 Å². The van der Waals surface area contributed by atoms with E-state index in [1.165, 1.54) is 6.07 Å². The predicted molar refractivity (Wildman–Crippen MR) is 97.8 cm³/mol. The van der Waals surface area contributed by atoms with Crippen molar-refractivity contribution in [3.05, 3.63) is 52.4 Å². The molecule has 132 valence electrons. The number of rotatable bonds is 6. The van der Waals surface area contributed by atoms with Crippen LogP contribution in [0.4, 0.5) is 10.5 Å². The van der Waals surface area contributed by atoms with Gasteiger partial charge in [0.2, 0.25) is 5.91 Å². The van der Waals surface area contributed by atoms with E-state index < -0.39 is 17.2 Å². The number of nitrogens with one attached hydrogen (secondary N) is 3. The summed E-state index contributed by atoms with van der Waals surface area (Å²) in [7, 11) is 0. The highest BCUT2D eigenvalue weighted by molar-refractivity contribution is 8.00. The smallest absolute Gasteiger partial charge is 0.308 e. The molecule has 8 heteroatoms. The number of anilines is 1. The highest BCUT2D eigenvalue weighted by Crippen LogP contribution is 2.18. The number of imide groups is 1. The quantitative estimate of drug-likeness (QED) is 0.542. The molecule has 0 aliphatic heterocycles. The van der Waals surface area contributed by atoms with Gasteiger partial charge in [-0.1, -0.05) is 43.3 Å². The molecule has 1 aromatic heterocycles. The fraction of sp³-hybridized carbons (Fsp3) is 0.294. The molecule has 0 bridgehead atoms. The molecule has 25 heavy (non-hydrogen) atoms. The summed E-state index contributed by atoms with van der Waals surface area (Å²) >= 11 is 1.10. The molecule has 0 fully saturated rings. The fourth-order valence-corrected chi connectivity index (χ4v) is 2.87. The minimum Gasteiger partial charge on any atom is -0.308 e. The van der Waals surface area contributed by atoms with E-state index in [-0.39, 0.29) is 5.56 Å². The van der Waals surface area contributed by atoms with E-state index in [2.05, 4.69) is 20.6 Å². The van der Waals surface area contributed by atoms with Crippen LogP contribution >= 0.6 is 11.8 Å². The molecule has 0 saturated heterocycles. The van der Waals surface area contributed by atoms with Crippen molar-refractivity contribution in [2.45, 2.75) is 37.1 Å². The highest BCUT2D eigenvalue weighted by atomic mass is 32.2. The molecule has 7 nitrogen and oxygen atoms in total. The maximum absolute atomic E-state index is 12.1. The van der Waals surface area contributed by atoms with Gasteiger partial charge in [-0.25, -0.2) is 9.78 Å². The van der Waals surface area contributed by atoms with Crippen LogP contribution in [0.3, 0.4) is 0 Å². The summed E-state index contributed by atoms with van der Waals surface area (Å²) in [5.41, 5.74) is 1.02. The molecular formula is C17H20N4O3S. The molecule has 2 rings (SSSR count). The third-order valence-electron chi connectivity index (χ3n) is 3.21. The lowest BCUT2D eigenvalue weighted by molar-refractivity contribution is -0.119. The average molecular weight is 360 g/mol. The van der Waals surface area contributed by atoms with Gasteiger partial charge >= 0.3 is 6.03 Å². The van der Waals surface area contributed by atoms with Gasteiger partial charge in [0.1, 0.15) is 0 Å². The van der Waals surface area contributed by atoms with E-state index in [0.717, 1.165) is 18.2 Å². The van der Waals surface area contributed by atoms with Gasteiger partial charge in [-0.15, -0.1) is 0 Å². The number of hydrogen-bond acceptors (Lipinski definition) is 5. The number of urea groups is 1. The number of carbonyl (C=O) groups is 2. The Morgan fingerprint density at radius 1 is 1.28 bits per heavy atom. The zero-order chi connectivity index (χ0) is 18.2. The Kier molecular flexibility index (Phi) is 6.76. The van der Waals surface area contributed by atoms with E-state index in [4.69, 9.17) is 0 Å². The van der Waals surface area contributed by atoms with Crippen LogP contribution in [0.15, 0.2) is 46.3 Å². The van der Waals surface area contributed by atoms with E-state index in [1.54, 1.807) is 31.2 Å². The molecule has 1 aromatic carbocycles.